The summed E-state index contributed by atoms with van der Waals surface area (Å²) >= 11 is 0. The van der Waals surface area contributed by atoms with Crippen molar-refractivity contribution in [1.29, 1.82) is 0 Å². The van der Waals surface area contributed by atoms with Crippen molar-refractivity contribution in [1.82, 2.24) is 10.6 Å². The molecule has 0 radical (unpaired) electrons. The molecule has 0 amide bonds. The van der Waals surface area contributed by atoms with Gasteiger partial charge in [0.25, 0.3) is 0 Å². The third-order valence-corrected chi connectivity index (χ3v) is 3.77. The molecule has 0 spiro atoms. The fourth-order valence-electron chi connectivity index (χ4n) is 2.48. The van der Waals surface area contributed by atoms with E-state index in [9.17, 15) is 5.11 Å². The smallest absolute Gasteiger partial charge is 0.191 e. The summed E-state index contributed by atoms with van der Waals surface area (Å²) in [5.41, 5.74) is 3.48. The maximum absolute atomic E-state index is 10.1. The van der Waals surface area contributed by atoms with Gasteiger partial charge in [-0.25, -0.2) is 4.99 Å². The summed E-state index contributed by atoms with van der Waals surface area (Å²) in [7, 11) is 0. The lowest BCUT2D eigenvalue weighted by molar-refractivity contribution is 0.0308. The van der Waals surface area contributed by atoms with Crippen molar-refractivity contribution in [3.63, 3.8) is 0 Å². The minimum absolute atomic E-state index is 0.277. The minimum atomic E-state index is -0.596. The molecule has 0 fully saturated rings. The zero-order valence-corrected chi connectivity index (χ0v) is 15.6. The third kappa shape index (κ3) is 7.68. The van der Waals surface area contributed by atoms with Crippen LogP contribution in [0.15, 0.2) is 59.6 Å². The average molecular weight is 355 g/mol. The van der Waals surface area contributed by atoms with Gasteiger partial charge in [0.2, 0.25) is 0 Å². The molecule has 26 heavy (non-hydrogen) atoms. The molecule has 0 aliphatic rings. The van der Waals surface area contributed by atoms with Crippen molar-refractivity contribution in [3.05, 3.63) is 71.3 Å². The van der Waals surface area contributed by atoms with Crippen LogP contribution in [0.25, 0.3) is 0 Å². The molecular weight excluding hydrogens is 326 g/mol. The molecule has 2 rings (SSSR count). The summed E-state index contributed by atoms with van der Waals surface area (Å²) in [5, 5.41) is 16.5. The largest absolute Gasteiger partial charge is 0.389 e. The number of aliphatic imine (C=N–C) groups is 1. The van der Waals surface area contributed by atoms with Gasteiger partial charge in [-0.05, 0) is 25.0 Å². The fourth-order valence-corrected chi connectivity index (χ4v) is 2.48. The molecule has 2 aromatic carbocycles. The lowest BCUT2D eigenvalue weighted by atomic mass is 10.1. The second-order valence-corrected chi connectivity index (χ2v) is 6.22. The first-order valence-electron chi connectivity index (χ1n) is 9.05. The standard InChI is InChI=1S/C21H29N3O2/c1-3-22-21(23-13-19-11-7-8-17(2)12-19)24-14-20(25)16-26-15-18-9-5-4-6-10-18/h4-12,20,25H,3,13-16H2,1-2H3,(H2,22,23,24). The lowest BCUT2D eigenvalue weighted by Crippen LogP contribution is -2.42. The molecule has 0 aliphatic heterocycles. The Morgan fingerprint density at radius 2 is 1.85 bits per heavy atom. The van der Waals surface area contributed by atoms with Crippen molar-refractivity contribution in [2.45, 2.75) is 33.1 Å². The molecule has 5 nitrogen and oxygen atoms in total. The van der Waals surface area contributed by atoms with E-state index in [-0.39, 0.29) is 6.61 Å². The van der Waals surface area contributed by atoms with Gasteiger partial charge in [0.1, 0.15) is 0 Å². The van der Waals surface area contributed by atoms with E-state index < -0.39 is 6.10 Å². The number of hydrogen-bond acceptors (Lipinski definition) is 3. The van der Waals surface area contributed by atoms with Crippen molar-refractivity contribution in [3.8, 4) is 0 Å². The Labute approximate surface area is 156 Å². The lowest BCUT2D eigenvalue weighted by Gasteiger charge is -2.15. The summed E-state index contributed by atoms with van der Waals surface area (Å²) in [5.74, 6) is 0.691. The first-order valence-corrected chi connectivity index (χ1v) is 9.05. The highest BCUT2D eigenvalue weighted by atomic mass is 16.5. The van der Waals surface area contributed by atoms with E-state index in [1.807, 2.05) is 43.3 Å². The van der Waals surface area contributed by atoms with Crippen LogP contribution in [-0.4, -0.2) is 36.9 Å². The van der Waals surface area contributed by atoms with Crippen molar-refractivity contribution in [2.24, 2.45) is 4.99 Å². The number of rotatable bonds is 9. The van der Waals surface area contributed by atoms with E-state index >= 15 is 0 Å². The summed E-state index contributed by atoms with van der Waals surface area (Å²) < 4.78 is 5.57. The number of aryl methyl sites for hydroxylation is 1. The third-order valence-electron chi connectivity index (χ3n) is 3.77. The highest BCUT2D eigenvalue weighted by molar-refractivity contribution is 5.79. The highest BCUT2D eigenvalue weighted by Crippen LogP contribution is 2.05. The normalized spacial score (nSPS) is 12.7. The Balaban J connectivity index is 1.74. The van der Waals surface area contributed by atoms with Crippen LogP contribution in [-0.2, 0) is 17.9 Å². The highest BCUT2D eigenvalue weighted by Gasteiger charge is 2.06. The number of aliphatic hydroxyl groups is 1. The number of guanidine groups is 1. The average Bonchev–Trinajstić information content (AvgIpc) is 2.65. The van der Waals surface area contributed by atoms with Crippen LogP contribution >= 0.6 is 0 Å². The molecule has 1 unspecified atom stereocenters. The second kappa shape index (κ2) is 11.3. The van der Waals surface area contributed by atoms with Gasteiger partial charge in [-0.15, -0.1) is 0 Å². The van der Waals surface area contributed by atoms with Crippen LogP contribution in [0.3, 0.4) is 0 Å². The van der Waals surface area contributed by atoms with Crippen LogP contribution in [0.2, 0.25) is 0 Å². The molecule has 0 heterocycles. The molecule has 140 valence electrons. The minimum Gasteiger partial charge on any atom is -0.389 e. The van der Waals surface area contributed by atoms with Crippen molar-refractivity contribution in [2.75, 3.05) is 19.7 Å². The molecule has 3 N–H and O–H groups in total. The first kappa shape index (κ1) is 19.9. The topological polar surface area (TPSA) is 65.9 Å². The van der Waals surface area contributed by atoms with E-state index in [2.05, 4.69) is 40.7 Å². The summed E-state index contributed by atoms with van der Waals surface area (Å²) in [6.45, 7) is 6.61. The van der Waals surface area contributed by atoms with E-state index in [0.717, 1.165) is 17.7 Å². The molecule has 5 heteroatoms. The van der Waals surface area contributed by atoms with Gasteiger partial charge in [-0.1, -0.05) is 60.2 Å². The quantitative estimate of drug-likeness (QED) is 0.478. The maximum atomic E-state index is 10.1. The zero-order chi connectivity index (χ0) is 18.6. The monoisotopic (exact) mass is 355 g/mol. The fraction of sp³-hybridized carbons (Fsp3) is 0.381. The predicted molar refractivity (Wildman–Crippen MR) is 106 cm³/mol. The van der Waals surface area contributed by atoms with Gasteiger partial charge in [0.15, 0.2) is 5.96 Å². The molecule has 0 bridgehead atoms. The Bertz CT molecular complexity index is 674. The van der Waals surface area contributed by atoms with E-state index in [0.29, 0.717) is 25.7 Å². The zero-order valence-electron chi connectivity index (χ0n) is 15.6. The van der Waals surface area contributed by atoms with Gasteiger partial charge in [-0.3, -0.25) is 0 Å². The van der Waals surface area contributed by atoms with Crippen LogP contribution < -0.4 is 10.6 Å². The molecular formula is C21H29N3O2. The molecule has 0 aliphatic carbocycles. The number of nitrogens with one attached hydrogen (secondary N) is 2. The summed E-state index contributed by atoms with van der Waals surface area (Å²) in [6.07, 6.45) is -0.596. The molecule has 2 aromatic rings. The maximum Gasteiger partial charge on any atom is 0.191 e. The van der Waals surface area contributed by atoms with E-state index in [4.69, 9.17) is 4.74 Å². The Kier molecular flexibility index (Phi) is 8.66. The van der Waals surface area contributed by atoms with Crippen LogP contribution in [0.1, 0.15) is 23.6 Å². The molecule has 1 atom stereocenters. The van der Waals surface area contributed by atoms with Crippen molar-refractivity contribution < 1.29 is 9.84 Å². The number of benzene rings is 2. The molecule has 0 saturated heterocycles. The van der Waals surface area contributed by atoms with Crippen LogP contribution in [0.5, 0.6) is 0 Å². The Hall–Kier alpha value is -2.37. The van der Waals surface area contributed by atoms with E-state index in [1.165, 1.54) is 5.56 Å². The summed E-state index contributed by atoms with van der Waals surface area (Å²) in [6, 6.07) is 18.2. The van der Waals surface area contributed by atoms with Crippen LogP contribution in [0, 0.1) is 6.92 Å². The van der Waals surface area contributed by atoms with Gasteiger partial charge < -0.3 is 20.5 Å². The number of ether oxygens (including phenoxy) is 1. The Morgan fingerprint density at radius 3 is 2.58 bits per heavy atom. The van der Waals surface area contributed by atoms with E-state index in [1.54, 1.807) is 0 Å². The number of aliphatic hydroxyl groups excluding tert-OH is 1. The van der Waals surface area contributed by atoms with Gasteiger partial charge in [0, 0.05) is 13.1 Å². The Morgan fingerprint density at radius 1 is 1.08 bits per heavy atom. The molecule has 0 saturated carbocycles. The first-order chi connectivity index (χ1) is 12.7. The number of nitrogens with zero attached hydrogens (tertiary/aromatic N) is 1. The molecule has 0 aromatic heterocycles. The SMILES string of the molecule is CCNC(=NCc1cccc(C)c1)NCC(O)COCc1ccccc1. The van der Waals surface area contributed by atoms with Crippen molar-refractivity contribution >= 4 is 5.96 Å². The predicted octanol–water partition coefficient (Wildman–Crippen LogP) is 2.63. The van der Waals surface area contributed by atoms with Gasteiger partial charge >= 0.3 is 0 Å². The van der Waals surface area contributed by atoms with Gasteiger partial charge in [-0.2, -0.15) is 0 Å². The van der Waals surface area contributed by atoms with Gasteiger partial charge in [0.05, 0.1) is 25.9 Å². The summed E-state index contributed by atoms with van der Waals surface area (Å²) in [4.78, 5) is 4.57. The number of hydrogen-bond donors (Lipinski definition) is 3. The second-order valence-electron chi connectivity index (χ2n) is 6.22. The van der Waals surface area contributed by atoms with Crippen LogP contribution in [0.4, 0.5) is 0 Å².